The molecule has 2 aromatic carbocycles. The smallest absolute Gasteiger partial charge is 0.119 e. The Bertz CT molecular complexity index is 674. The van der Waals surface area contributed by atoms with Crippen molar-refractivity contribution in [3.05, 3.63) is 66.4 Å². The number of benzene rings is 2. The summed E-state index contributed by atoms with van der Waals surface area (Å²) in [5.41, 5.74) is 3.05. The number of aryl methyl sites for hydroxylation is 1. The van der Waals surface area contributed by atoms with E-state index in [-0.39, 0.29) is 0 Å². The van der Waals surface area contributed by atoms with Crippen LogP contribution in [0.2, 0.25) is 0 Å². The minimum absolute atomic E-state index is 0.575. The molecule has 0 spiro atoms. The van der Waals surface area contributed by atoms with Crippen LogP contribution >= 0.6 is 0 Å². The van der Waals surface area contributed by atoms with Gasteiger partial charge in [0.05, 0.1) is 6.20 Å². The molecule has 20 heavy (non-hydrogen) atoms. The number of rotatable bonds is 4. The molecule has 100 valence electrons. The molecule has 0 aliphatic heterocycles. The van der Waals surface area contributed by atoms with Crippen LogP contribution in [0, 0.1) is 0 Å². The average molecular weight is 265 g/mol. The Morgan fingerprint density at radius 1 is 1.00 bits per heavy atom. The zero-order valence-corrected chi connectivity index (χ0v) is 11.2. The number of aromatic nitrogens is 3. The lowest BCUT2D eigenvalue weighted by Gasteiger charge is -2.06. The summed E-state index contributed by atoms with van der Waals surface area (Å²) in [5, 5.41) is 8.01. The lowest BCUT2D eigenvalue weighted by molar-refractivity contribution is 0.306. The first kappa shape index (κ1) is 12.4. The maximum atomic E-state index is 5.75. The SMILES string of the molecule is Cn1cc(-c2ccc(OCc3ccccc3)cc2)nn1. The van der Waals surface area contributed by atoms with Gasteiger partial charge in [0.1, 0.15) is 18.1 Å². The van der Waals surface area contributed by atoms with Crippen LogP contribution in [0.3, 0.4) is 0 Å². The summed E-state index contributed by atoms with van der Waals surface area (Å²) in [6.45, 7) is 0.575. The van der Waals surface area contributed by atoms with Crippen molar-refractivity contribution in [3.63, 3.8) is 0 Å². The normalized spacial score (nSPS) is 10.4. The monoisotopic (exact) mass is 265 g/mol. The van der Waals surface area contributed by atoms with Crippen molar-refractivity contribution >= 4 is 0 Å². The quantitative estimate of drug-likeness (QED) is 0.728. The maximum Gasteiger partial charge on any atom is 0.119 e. The lowest BCUT2D eigenvalue weighted by atomic mass is 10.1. The second-order valence-electron chi connectivity index (χ2n) is 4.58. The van der Waals surface area contributed by atoms with Crippen LogP contribution in [0.5, 0.6) is 5.75 Å². The molecule has 0 amide bonds. The highest BCUT2D eigenvalue weighted by Crippen LogP contribution is 2.20. The lowest BCUT2D eigenvalue weighted by Crippen LogP contribution is -1.94. The number of ether oxygens (including phenoxy) is 1. The van der Waals surface area contributed by atoms with Gasteiger partial charge in [0.15, 0.2) is 0 Å². The molecule has 1 heterocycles. The van der Waals surface area contributed by atoms with Crippen molar-refractivity contribution in [1.29, 1.82) is 0 Å². The molecule has 0 bridgehead atoms. The molecule has 4 heteroatoms. The molecule has 0 aliphatic rings. The Morgan fingerprint density at radius 2 is 1.75 bits per heavy atom. The fourth-order valence-electron chi connectivity index (χ4n) is 1.94. The third-order valence-corrected chi connectivity index (χ3v) is 3.00. The van der Waals surface area contributed by atoms with Crippen LogP contribution in [-0.4, -0.2) is 15.0 Å². The first-order chi connectivity index (χ1) is 9.81. The molecule has 0 aliphatic carbocycles. The van der Waals surface area contributed by atoms with Gasteiger partial charge in [-0.2, -0.15) is 0 Å². The fourth-order valence-corrected chi connectivity index (χ4v) is 1.94. The van der Waals surface area contributed by atoms with E-state index in [2.05, 4.69) is 10.3 Å². The van der Waals surface area contributed by atoms with E-state index < -0.39 is 0 Å². The molecule has 0 unspecified atom stereocenters. The Kier molecular flexibility index (Phi) is 3.46. The molecule has 0 atom stereocenters. The van der Waals surface area contributed by atoms with Gasteiger partial charge in [-0.25, -0.2) is 0 Å². The molecule has 0 fully saturated rings. The highest BCUT2D eigenvalue weighted by Gasteiger charge is 2.02. The van der Waals surface area contributed by atoms with E-state index in [9.17, 15) is 0 Å². The van der Waals surface area contributed by atoms with Crippen LogP contribution in [0.1, 0.15) is 5.56 Å². The van der Waals surface area contributed by atoms with Crippen LogP contribution in [0.25, 0.3) is 11.3 Å². The first-order valence-corrected chi connectivity index (χ1v) is 6.45. The third-order valence-electron chi connectivity index (χ3n) is 3.00. The van der Waals surface area contributed by atoms with Gasteiger partial charge in [0.2, 0.25) is 0 Å². The van der Waals surface area contributed by atoms with E-state index in [1.807, 2.05) is 67.8 Å². The van der Waals surface area contributed by atoms with Crippen molar-refractivity contribution < 1.29 is 4.74 Å². The molecular formula is C16H15N3O. The molecule has 1 aromatic heterocycles. The summed E-state index contributed by atoms with van der Waals surface area (Å²) in [6.07, 6.45) is 1.89. The van der Waals surface area contributed by atoms with Gasteiger partial charge in [-0.3, -0.25) is 4.68 Å². The van der Waals surface area contributed by atoms with Crippen molar-refractivity contribution in [1.82, 2.24) is 15.0 Å². The van der Waals surface area contributed by atoms with Gasteiger partial charge in [0.25, 0.3) is 0 Å². The summed E-state index contributed by atoms with van der Waals surface area (Å²) < 4.78 is 7.44. The molecule has 4 nitrogen and oxygen atoms in total. The largest absolute Gasteiger partial charge is 0.489 e. The summed E-state index contributed by atoms with van der Waals surface area (Å²) in [4.78, 5) is 0. The maximum absolute atomic E-state index is 5.75. The summed E-state index contributed by atoms with van der Waals surface area (Å²) in [6, 6.07) is 18.0. The van der Waals surface area contributed by atoms with Crippen molar-refractivity contribution in [2.45, 2.75) is 6.61 Å². The zero-order valence-electron chi connectivity index (χ0n) is 11.2. The van der Waals surface area contributed by atoms with E-state index in [0.717, 1.165) is 22.6 Å². The summed E-state index contributed by atoms with van der Waals surface area (Å²) in [7, 11) is 1.86. The predicted molar refractivity (Wildman–Crippen MR) is 77.2 cm³/mol. The topological polar surface area (TPSA) is 39.9 Å². The Labute approximate surface area is 117 Å². The van der Waals surface area contributed by atoms with E-state index >= 15 is 0 Å². The third kappa shape index (κ3) is 2.85. The molecule has 3 rings (SSSR count). The van der Waals surface area contributed by atoms with E-state index in [0.29, 0.717) is 6.61 Å². The molecule has 0 N–H and O–H groups in total. The minimum atomic E-state index is 0.575. The Morgan fingerprint density at radius 3 is 2.40 bits per heavy atom. The Balaban J connectivity index is 1.67. The van der Waals surface area contributed by atoms with Crippen molar-refractivity contribution in [2.24, 2.45) is 7.05 Å². The van der Waals surface area contributed by atoms with Crippen LogP contribution < -0.4 is 4.74 Å². The van der Waals surface area contributed by atoms with Gasteiger partial charge in [-0.1, -0.05) is 35.5 Å². The van der Waals surface area contributed by atoms with Gasteiger partial charge >= 0.3 is 0 Å². The highest BCUT2D eigenvalue weighted by molar-refractivity contribution is 5.58. The second-order valence-corrected chi connectivity index (χ2v) is 4.58. The van der Waals surface area contributed by atoms with Gasteiger partial charge in [0, 0.05) is 12.6 Å². The highest BCUT2D eigenvalue weighted by atomic mass is 16.5. The average Bonchev–Trinajstić information content (AvgIpc) is 2.93. The minimum Gasteiger partial charge on any atom is -0.489 e. The van der Waals surface area contributed by atoms with E-state index in [1.54, 1.807) is 4.68 Å². The first-order valence-electron chi connectivity index (χ1n) is 6.45. The second kappa shape index (κ2) is 5.57. The van der Waals surface area contributed by atoms with Crippen LogP contribution in [0.4, 0.5) is 0 Å². The number of hydrogen-bond acceptors (Lipinski definition) is 3. The summed E-state index contributed by atoms with van der Waals surface area (Å²) >= 11 is 0. The van der Waals surface area contributed by atoms with Gasteiger partial charge in [-0.15, -0.1) is 5.10 Å². The molecule has 0 saturated carbocycles. The van der Waals surface area contributed by atoms with Gasteiger partial charge < -0.3 is 4.74 Å². The standard InChI is InChI=1S/C16H15N3O/c1-19-11-16(17-18-19)14-7-9-15(10-8-14)20-12-13-5-3-2-4-6-13/h2-11H,12H2,1H3. The molecule has 0 radical (unpaired) electrons. The van der Waals surface area contributed by atoms with E-state index in [4.69, 9.17) is 4.74 Å². The summed E-state index contributed by atoms with van der Waals surface area (Å²) in [5.74, 6) is 0.849. The number of hydrogen-bond donors (Lipinski definition) is 0. The fraction of sp³-hybridized carbons (Fsp3) is 0.125. The predicted octanol–water partition coefficient (Wildman–Crippen LogP) is 3.06. The molecule has 3 aromatic rings. The van der Waals surface area contributed by atoms with E-state index in [1.165, 1.54) is 0 Å². The van der Waals surface area contributed by atoms with Crippen molar-refractivity contribution in [3.8, 4) is 17.0 Å². The molecule has 0 saturated heterocycles. The van der Waals surface area contributed by atoms with Crippen LogP contribution in [0.15, 0.2) is 60.8 Å². The Hall–Kier alpha value is -2.62. The van der Waals surface area contributed by atoms with Crippen LogP contribution in [-0.2, 0) is 13.7 Å². The van der Waals surface area contributed by atoms with Crippen molar-refractivity contribution in [2.75, 3.05) is 0 Å². The number of nitrogens with zero attached hydrogens (tertiary/aromatic N) is 3. The zero-order chi connectivity index (χ0) is 13.8. The molecular weight excluding hydrogens is 250 g/mol. The van der Waals surface area contributed by atoms with Gasteiger partial charge in [-0.05, 0) is 29.8 Å².